The largest absolute Gasteiger partial charge is 0.180 e. The van der Waals surface area contributed by atoms with Crippen LogP contribution in [0, 0.1) is 0 Å². The maximum atomic E-state index is 4.81. The molecule has 0 N–H and O–H groups in total. The molecule has 1 rings (SSSR count). The molecule has 0 aliphatic heterocycles. The smallest absolute Gasteiger partial charge is 0.109 e. The third-order valence-corrected chi connectivity index (χ3v) is 1.50. The number of hydrogen-bond acceptors (Lipinski definition) is 0. The second-order valence-corrected chi connectivity index (χ2v) is 5.26. The maximum Gasteiger partial charge on any atom is 0.180 e. The van der Waals surface area contributed by atoms with E-state index in [9.17, 15) is 0 Å². The predicted octanol–water partition coefficient (Wildman–Crippen LogP) is 5.75. The van der Waals surface area contributed by atoms with E-state index in [1.165, 1.54) is 38.5 Å². The van der Waals surface area contributed by atoms with Crippen molar-refractivity contribution in [1.82, 2.24) is 0 Å². The van der Waals surface area contributed by atoms with E-state index in [0.717, 1.165) is 0 Å². The lowest BCUT2D eigenvalue weighted by Gasteiger charge is -2.05. The van der Waals surface area contributed by atoms with Crippen molar-refractivity contribution in [2.75, 3.05) is 5.34 Å². The summed E-state index contributed by atoms with van der Waals surface area (Å²) in [7, 11) is 0. The van der Waals surface area contributed by atoms with Gasteiger partial charge in [-0.1, -0.05) is 73.3 Å². The first-order valence-electron chi connectivity index (χ1n) is 4.19. The first kappa shape index (κ1) is 16.9. The third-order valence-electron chi connectivity index (χ3n) is 1.50. The molecule has 0 unspecified atom stereocenters. The van der Waals surface area contributed by atoms with Crippen LogP contribution >= 0.6 is 58.0 Å². The van der Waals surface area contributed by atoms with Gasteiger partial charge in [0.2, 0.25) is 0 Å². The Morgan fingerprint density at radius 3 is 0.846 bits per heavy atom. The summed E-state index contributed by atoms with van der Waals surface area (Å²) in [5.41, 5.74) is 0. The molecule has 0 bridgehead atoms. The van der Waals surface area contributed by atoms with Gasteiger partial charge in [0, 0.05) is 0 Å². The zero-order valence-electron chi connectivity index (χ0n) is 7.42. The van der Waals surface area contributed by atoms with Gasteiger partial charge < -0.3 is 0 Å². The molecule has 5 heteroatoms. The second kappa shape index (κ2) is 15.9. The number of alkyl halides is 5. The van der Waals surface area contributed by atoms with Gasteiger partial charge in [0.05, 0.1) is 5.34 Å². The first-order chi connectivity index (χ1) is 6.15. The average molecular weight is 288 g/mol. The summed E-state index contributed by atoms with van der Waals surface area (Å²) in [6.45, 7) is 0. The fourth-order valence-electron chi connectivity index (χ4n) is 1.06. The predicted molar refractivity (Wildman–Crippen MR) is 65.6 cm³/mol. The molecule has 0 radical (unpaired) electrons. The molecule has 1 saturated carbocycles. The lowest BCUT2D eigenvalue weighted by Crippen LogP contribution is -1.85. The summed E-state index contributed by atoms with van der Waals surface area (Å²) in [5.74, 6) is 0. The minimum atomic E-state index is -0.750. The van der Waals surface area contributed by atoms with Gasteiger partial charge in [-0.15, -0.1) is 23.2 Å². The molecule has 0 saturated heterocycles. The van der Waals surface area contributed by atoms with Crippen LogP contribution in [0.25, 0.3) is 0 Å². The van der Waals surface area contributed by atoms with Crippen molar-refractivity contribution in [3.05, 3.63) is 0 Å². The topological polar surface area (TPSA) is 0 Å². The molecule has 1 fully saturated rings. The zero-order valence-corrected chi connectivity index (χ0v) is 11.2. The van der Waals surface area contributed by atoms with Gasteiger partial charge in [0.15, 0.2) is 4.30 Å². The molecule has 0 spiro atoms. The summed E-state index contributed by atoms with van der Waals surface area (Å²) in [6, 6.07) is 0. The average Bonchev–Trinajstić information content (AvgIpc) is 2.08. The van der Waals surface area contributed by atoms with Gasteiger partial charge in [0.25, 0.3) is 0 Å². The van der Waals surface area contributed by atoms with Gasteiger partial charge in [0.1, 0.15) is 0 Å². The van der Waals surface area contributed by atoms with E-state index >= 15 is 0 Å². The molecule has 0 aromatic rings. The van der Waals surface area contributed by atoms with Crippen molar-refractivity contribution < 1.29 is 0 Å². The van der Waals surface area contributed by atoms with E-state index in [-0.39, 0.29) is 5.34 Å². The minimum Gasteiger partial charge on any atom is -0.109 e. The monoisotopic (exact) mass is 286 g/mol. The normalized spacial score (nSPS) is 15.2. The molecule has 0 aromatic carbocycles. The summed E-state index contributed by atoms with van der Waals surface area (Å²) < 4.78 is -0.750. The fraction of sp³-hybridized carbons (Fsp3) is 1.00. The lowest BCUT2D eigenvalue weighted by atomic mass is 10.0. The molecular weight excluding hydrogens is 273 g/mol. The Bertz CT molecular complexity index is 58.7. The van der Waals surface area contributed by atoms with Gasteiger partial charge in [-0.05, 0) is 0 Å². The Kier molecular flexibility index (Phi) is 20.6. The van der Waals surface area contributed by atoms with E-state index in [1.807, 2.05) is 0 Å². The van der Waals surface area contributed by atoms with Crippen LogP contribution in [0.2, 0.25) is 0 Å². The summed E-state index contributed by atoms with van der Waals surface area (Å²) in [5, 5.41) is 0.194. The molecule has 1 aliphatic rings. The maximum absolute atomic E-state index is 4.81. The van der Waals surface area contributed by atoms with Crippen LogP contribution in [0.1, 0.15) is 38.5 Å². The Balaban J connectivity index is 0. The van der Waals surface area contributed by atoms with Gasteiger partial charge >= 0.3 is 0 Å². The van der Waals surface area contributed by atoms with Crippen molar-refractivity contribution in [1.29, 1.82) is 0 Å². The van der Waals surface area contributed by atoms with Crippen LogP contribution in [0.5, 0.6) is 0 Å². The Morgan fingerprint density at radius 2 is 0.769 bits per heavy atom. The van der Waals surface area contributed by atoms with Crippen molar-refractivity contribution in [3.63, 3.8) is 0 Å². The SMILES string of the molecule is C1CCCCC1.ClC(Cl)Cl.ClCCl. The number of halogens is 5. The number of hydrogen-bond donors (Lipinski definition) is 0. The van der Waals surface area contributed by atoms with E-state index < -0.39 is 4.30 Å². The van der Waals surface area contributed by atoms with E-state index in [4.69, 9.17) is 58.0 Å². The van der Waals surface area contributed by atoms with Gasteiger partial charge in [-0.25, -0.2) is 0 Å². The van der Waals surface area contributed by atoms with Crippen LogP contribution in [0.4, 0.5) is 0 Å². The van der Waals surface area contributed by atoms with Crippen LogP contribution in [-0.4, -0.2) is 9.63 Å². The van der Waals surface area contributed by atoms with Gasteiger partial charge in [-0.3, -0.25) is 0 Å². The van der Waals surface area contributed by atoms with Crippen LogP contribution in [-0.2, 0) is 0 Å². The molecule has 0 amide bonds. The zero-order chi connectivity index (χ0) is 10.5. The Morgan fingerprint density at radius 1 is 0.692 bits per heavy atom. The lowest BCUT2D eigenvalue weighted by molar-refractivity contribution is 0.504. The highest BCUT2D eigenvalue weighted by molar-refractivity contribution is 6.63. The third kappa shape index (κ3) is 31.8. The molecule has 13 heavy (non-hydrogen) atoms. The highest BCUT2D eigenvalue weighted by Crippen LogP contribution is 2.15. The van der Waals surface area contributed by atoms with Crippen molar-refractivity contribution in [3.8, 4) is 0 Å². The molecule has 0 heterocycles. The summed E-state index contributed by atoms with van der Waals surface area (Å²) >= 11 is 23.9. The van der Waals surface area contributed by atoms with E-state index in [0.29, 0.717) is 0 Å². The van der Waals surface area contributed by atoms with Gasteiger partial charge in [-0.2, -0.15) is 0 Å². The molecule has 1 aliphatic carbocycles. The van der Waals surface area contributed by atoms with Crippen LogP contribution in [0.15, 0.2) is 0 Å². The molecule has 82 valence electrons. The quantitative estimate of drug-likeness (QED) is 0.498. The summed E-state index contributed by atoms with van der Waals surface area (Å²) in [6.07, 6.45) is 9.00. The van der Waals surface area contributed by atoms with Crippen LogP contribution in [0.3, 0.4) is 0 Å². The Labute approximate surface area is 106 Å². The highest BCUT2D eigenvalue weighted by atomic mass is 35.6. The van der Waals surface area contributed by atoms with Crippen molar-refractivity contribution >= 4 is 58.0 Å². The first-order valence-corrected chi connectivity index (χ1v) is 6.57. The number of rotatable bonds is 0. The molecular formula is C8H15Cl5. The minimum absolute atomic E-state index is 0.194. The second-order valence-electron chi connectivity index (χ2n) is 2.47. The fourth-order valence-corrected chi connectivity index (χ4v) is 1.06. The highest BCUT2D eigenvalue weighted by Gasteiger charge is 1.95. The Hall–Kier alpha value is 1.45. The molecule has 0 nitrogen and oxygen atoms in total. The van der Waals surface area contributed by atoms with E-state index in [1.54, 1.807) is 0 Å². The standard InChI is InChI=1S/C6H12.CHCl3.CH2Cl2/c1-2-4-6-5-3-1;2-1(3)4;2-1-3/h1-6H2;1H;1H2. The van der Waals surface area contributed by atoms with Crippen LogP contribution < -0.4 is 0 Å². The molecule has 0 atom stereocenters. The van der Waals surface area contributed by atoms with E-state index in [2.05, 4.69) is 0 Å². The summed E-state index contributed by atoms with van der Waals surface area (Å²) in [4.78, 5) is 0. The molecule has 0 aromatic heterocycles. The van der Waals surface area contributed by atoms with Crippen molar-refractivity contribution in [2.24, 2.45) is 0 Å². The van der Waals surface area contributed by atoms with Crippen molar-refractivity contribution in [2.45, 2.75) is 42.8 Å².